The summed E-state index contributed by atoms with van der Waals surface area (Å²) in [5.74, 6) is -1.18. The summed E-state index contributed by atoms with van der Waals surface area (Å²) in [5, 5.41) is 13.7. The van der Waals surface area contributed by atoms with Crippen LogP contribution in [0.5, 0.6) is 11.5 Å². The summed E-state index contributed by atoms with van der Waals surface area (Å²) in [5.41, 5.74) is 0.186. The predicted octanol–water partition coefficient (Wildman–Crippen LogP) is 3.32. The number of hydrogen-bond donors (Lipinski definition) is 2. The largest absolute Gasteiger partial charge is 0.505 e. The van der Waals surface area contributed by atoms with Crippen LogP contribution in [-0.4, -0.2) is 47.6 Å². The molecule has 0 radical (unpaired) electrons. The Balaban J connectivity index is 1.81. The molecule has 1 saturated carbocycles. The van der Waals surface area contributed by atoms with Gasteiger partial charge in [-0.15, -0.1) is 11.3 Å². The number of aromatic nitrogens is 1. The minimum absolute atomic E-state index is 0.0469. The van der Waals surface area contributed by atoms with E-state index in [2.05, 4.69) is 5.32 Å². The number of nitrogens with one attached hydrogen (secondary N) is 1. The maximum Gasteiger partial charge on any atom is 0.217 e. The van der Waals surface area contributed by atoms with Gasteiger partial charge in [0.2, 0.25) is 11.3 Å². The van der Waals surface area contributed by atoms with E-state index in [1.165, 1.54) is 27.0 Å². The summed E-state index contributed by atoms with van der Waals surface area (Å²) in [6.45, 7) is 3.73. The lowest BCUT2D eigenvalue weighted by Crippen LogP contribution is -2.35. The number of Topliss-reactive ketones (excluding diaryl/α,β-unsaturated/α-hetero) is 1. The highest BCUT2D eigenvalue weighted by Gasteiger charge is 2.35. The number of carbonyl (C=O) groups is 2. The molecule has 3 aromatic rings. The molecule has 1 saturated heterocycles. The predicted molar refractivity (Wildman–Crippen MR) is 124 cm³/mol. The Morgan fingerprint density at radius 1 is 1.27 bits per heavy atom. The highest BCUT2D eigenvalue weighted by molar-refractivity contribution is 7.21. The lowest BCUT2D eigenvalue weighted by molar-refractivity contribution is -0.119. The highest BCUT2D eigenvalue weighted by Crippen LogP contribution is 2.48. The number of aromatic hydroxyl groups is 1. The third-order valence-corrected chi connectivity index (χ3v) is 7.61. The van der Waals surface area contributed by atoms with Crippen LogP contribution in [0.15, 0.2) is 10.9 Å². The average Bonchev–Trinajstić information content (AvgIpc) is 3.38. The first-order chi connectivity index (χ1) is 15.7. The minimum Gasteiger partial charge on any atom is -0.505 e. The maximum absolute atomic E-state index is 15.5. The number of methoxy groups -OCH3 is 1. The van der Waals surface area contributed by atoms with Gasteiger partial charge >= 0.3 is 0 Å². The molecule has 8 nitrogen and oxygen atoms in total. The van der Waals surface area contributed by atoms with E-state index in [-0.39, 0.29) is 56.6 Å². The van der Waals surface area contributed by atoms with Crippen LogP contribution < -0.4 is 20.4 Å². The van der Waals surface area contributed by atoms with Crippen molar-refractivity contribution in [3.05, 3.63) is 27.0 Å². The van der Waals surface area contributed by atoms with E-state index < -0.39 is 11.2 Å². The van der Waals surface area contributed by atoms with Crippen molar-refractivity contribution in [1.82, 2.24) is 9.88 Å². The molecule has 10 heteroatoms. The molecule has 1 aromatic carbocycles. The van der Waals surface area contributed by atoms with Crippen molar-refractivity contribution in [1.29, 1.82) is 0 Å². The third-order valence-electron chi connectivity index (χ3n) is 6.33. The zero-order valence-corrected chi connectivity index (χ0v) is 19.3. The number of benzene rings is 1. The normalized spacial score (nSPS) is 18.3. The van der Waals surface area contributed by atoms with Gasteiger partial charge < -0.3 is 24.6 Å². The number of carbonyl (C=O) groups excluding carboxylic acids is 2. The van der Waals surface area contributed by atoms with Crippen molar-refractivity contribution in [2.45, 2.75) is 45.2 Å². The van der Waals surface area contributed by atoms with Gasteiger partial charge in [-0.05, 0) is 25.3 Å². The molecule has 2 fully saturated rings. The molecule has 1 atom stereocenters. The molecule has 1 unspecified atom stereocenters. The summed E-state index contributed by atoms with van der Waals surface area (Å²) in [7, 11) is 1.44. The van der Waals surface area contributed by atoms with E-state index in [4.69, 9.17) is 4.74 Å². The number of pyridine rings is 1. The van der Waals surface area contributed by atoms with Gasteiger partial charge in [0.15, 0.2) is 23.1 Å². The molecule has 1 amide bonds. The van der Waals surface area contributed by atoms with Gasteiger partial charge in [-0.2, -0.15) is 0 Å². The van der Waals surface area contributed by atoms with Crippen LogP contribution in [0, 0.1) is 5.82 Å². The molecule has 5 rings (SSSR count). The average molecular weight is 474 g/mol. The second-order valence-electron chi connectivity index (χ2n) is 8.71. The number of ether oxygens (including phenoxy) is 1. The van der Waals surface area contributed by atoms with E-state index in [1.54, 1.807) is 0 Å². The zero-order valence-electron chi connectivity index (χ0n) is 18.5. The Morgan fingerprint density at radius 3 is 2.61 bits per heavy atom. The zero-order chi connectivity index (χ0) is 23.6. The van der Waals surface area contributed by atoms with Gasteiger partial charge in [-0.1, -0.05) is 0 Å². The molecule has 0 bridgehead atoms. The standard InChI is InChI=1S/C23H24FN3O5S/c1-10(28)22-20(31)16-19(30)14-8-15(24)18(26-7-6-12(9-26)25-11(2)29)21(32-3)17(14)27(13-4-5-13)23(16)33-22/h8,12-13,31H,4-7,9H2,1-3H3,(H,25,29). The number of thiophene rings is 1. The Hall–Kier alpha value is -3.14. The molecular formula is C23H24FN3O5S. The Kier molecular flexibility index (Phi) is 5.08. The molecule has 2 N–H and O–H groups in total. The topological polar surface area (TPSA) is 101 Å². The van der Waals surface area contributed by atoms with E-state index in [0.717, 1.165) is 24.2 Å². The van der Waals surface area contributed by atoms with E-state index in [9.17, 15) is 19.5 Å². The van der Waals surface area contributed by atoms with Crippen LogP contribution in [0.4, 0.5) is 10.1 Å². The van der Waals surface area contributed by atoms with Gasteiger partial charge in [0.05, 0.1) is 18.0 Å². The number of anilines is 1. The summed E-state index contributed by atoms with van der Waals surface area (Å²) in [4.78, 5) is 39.4. The quantitative estimate of drug-likeness (QED) is 0.552. The van der Waals surface area contributed by atoms with Crippen molar-refractivity contribution >= 4 is 49.8 Å². The molecule has 0 spiro atoms. The van der Waals surface area contributed by atoms with Gasteiger partial charge in [-0.25, -0.2) is 4.39 Å². The molecule has 174 valence electrons. The number of rotatable bonds is 5. The van der Waals surface area contributed by atoms with Crippen LogP contribution in [0.3, 0.4) is 0 Å². The van der Waals surface area contributed by atoms with Crippen LogP contribution in [0.25, 0.3) is 21.1 Å². The first-order valence-corrected chi connectivity index (χ1v) is 11.7. The van der Waals surface area contributed by atoms with Crippen LogP contribution in [0.2, 0.25) is 0 Å². The first-order valence-electron chi connectivity index (χ1n) is 10.9. The number of ketones is 1. The Labute approximate surface area is 192 Å². The van der Waals surface area contributed by atoms with Crippen molar-refractivity contribution in [2.75, 3.05) is 25.1 Å². The maximum atomic E-state index is 15.5. The van der Waals surface area contributed by atoms with Crippen LogP contribution in [-0.2, 0) is 4.79 Å². The van der Waals surface area contributed by atoms with Crippen LogP contribution in [0.1, 0.15) is 48.8 Å². The minimum atomic E-state index is -0.608. The van der Waals surface area contributed by atoms with Crippen molar-refractivity contribution in [3.8, 4) is 11.5 Å². The second kappa shape index (κ2) is 7.72. The monoisotopic (exact) mass is 473 g/mol. The molecule has 3 heterocycles. The molecule has 1 aliphatic heterocycles. The van der Waals surface area contributed by atoms with Crippen molar-refractivity contribution in [3.63, 3.8) is 0 Å². The van der Waals surface area contributed by atoms with Gasteiger partial charge in [0, 0.05) is 39.0 Å². The SMILES string of the molecule is COc1c(N2CCC(NC(C)=O)C2)c(F)cc2c(=O)c3c(O)c(C(C)=O)sc3n(C3CC3)c12. The van der Waals surface area contributed by atoms with Crippen molar-refractivity contribution in [2.24, 2.45) is 0 Å². The Morgan fingerprint density at radius 2 is 2.00 bits per heavy atom. The highest BCUT2D eigenvalue weighted by atomic mass is 32.1. The molecule has 2 aromatic heterocycles. The first kappa shape index (κ1) is 21.7. The second-order valence-corrected chi connectivity index (χ2v) is 9.71. The van der Waals surface area contributed by atoms with Crippen LogP contribution >= 0.6 is 11.3 Å². The van der Waals surface area contributed by atoms with Gasteiger partial charge in [0.1, 0.15) is 20.8 Å². The molecule has 1 aliphatic carbocycles. The molecular weight excluding hydrogens is 449 g/mol. The number of hydrogen-bond acceptors (Lipinski definition) is 7. The summed E-state index contributed by atoms with van der Waals surface area (Å²) < 4.78 is 23.1. The lowest BCUT2D eigenvalue weighted by Gasteiger charge is -2.25. The van der Waals surface area contributed by atoms with Crippen molar-refractivity contribution < 1.29 is 23.8 Å². The summed E-state index contributed by atoms with van der Waals surface area (Å²) in [6.07, 6.45) is 2.39. The fourth-order valence-electron chi connectivity index (χ4n) is 4.82. The molecule has 33 heavy (non-hydrogen) atoms. The van der Waals surface area contributed by atoms with E-state index in [1.807, 2.05) is 9.47 Å². The van der Waals surface area contributed by atoms with E-state index in [0.29, 0.717) is 29.9 Å². The lowest BCUT2D eigenvalue weighted by atomic mass is 10.1. The van der Waals surface area contributed by atoms with E-state index >= 15 is 4.39 Å². The number of amides is 1. The fourth-order valence-corrected chi connectivity index (χ4v) is 5.98. The van der Waals surface area contributed by atoms with Gasteiger partial charge in [0.25, 0.3) is 0 Å². The fraction of sp³-hybridized carbons (Fsp3) is 0.435. The molecule has 2 aliphatic rings. The van der Waals surface area contributed by atoms with Gasteiger partial charge in [-0.3, -0.25) is 14.4 Å². The smallest absolute Gasteiger partial charge is 0.217 e. The summed E-state index contributed by atoms with van der Waals surface area (Å²) in [6, 6.07) is 1.15. The third kappa shape index (κ3) is 3.35. The Bertz CT molecular complexity index is 1390. The summed E-state index contributed by atoms with van der Waals surface area (Å²) >= 11 is 1.08. The number of nitrogens with zero attached hydrogens (tertiary/aromatic N) is 2. The number of halogens is 1. The number of fused-ring (bicyclic) bond motifs is 2.